The zero-order valence-electron chi connectivity index (χ0n) is 15.1. The van der Waals surface area contributed by atoms with Gasteiger partial charge in [0.05, 0.1) is 30.0 Å². The van der Waals surface area contributed by atoms with Gasteiger partial charge in [-0.1, -0.05) is 0 Å². The number of nitrogens with two attached hydrogens (primary N) is 1. The highest BCUT2D eigenvalue weighted by molar-refractivity contribution is 6.25. The van der Waals surface area contributed by atoms with Crippen LogP contribution in [0.5, 0.6) is 0 Å². The number of piperazine rings is 1. The Hall–Kier alpha value is -2.43. The second-order valence-corrected chi connectivity index (χ2v) is 7.08. The summed E-state index contributed by atoms with van der Waals surface area (Å²) in [5.74, 6) is -1.38. The number of methoxy groups -OCH3 is 1. The number of ether oxygens (including phenoxy) is 2. The lowest BCUT2D eigenvalue weighted by atomic mass is 9.82. The Morgan fingerprint density at radius 1 is 1.44 bits per heavy atom. The second-order valence-electron chi connectivity index (χ2n) is 7.08. The largest absolute Gasteiger partial charge is 0.449 e. The van der Waals surface area contributed by atoms with Crippen molar-refractivity contribution >= 4 is 17.7 Å². The van der Waals surface area contributed by atoms with Crippen LogP contribution in [0.15, 0.2) is 22.5 Å². The van der Waals surface area contributed by atoms with Crippen molar-refractivity contribution < 1.29 is 29.0 Å². The van der Waals surface area contributed by atoms with Gasteiger partial charge in [0, 0.05) is 37.4 Å². The molecule has 0 spiro atoms. The molecule has 0 bridgehead atoms. The number of aliphatic hydroxyl groups excluding tert-OH is 1. The Kier molecular flexibility index (Phi) is 4.02. The van der Waals surface area contributed by atoms with Gasteiger partial charge in [-0.05, 0) is 6.92 Å². The van der Waals surface area contributed by atoms with Crippen LogP contribution < -0.4 is 16.4 Å². The first-order valence-electron chi connectivity index (χ1n) is 8.78. The molecule has 1 amide bonds. The molecule has 3 aliphatic heterocycles. The predicted octanol–water partition coefficient (Wildman–Crippen LogP) is -2.03. The van der Waals surface area contributed by atoms with Crippen molar-refractivity contribution in [3.8, 4) is 0 Å². The van der Waals surface area contributed by atoms with Gasteiger partial charge in [-0.15, -0.1) is 0 Å². The second kappa shape index (κ2) is 6.04. The van der Waals surface area contributed by atoms with Gasteiger partial charge >= 0.3 is 6.09 Å². The molecule has 0 aromatic rings. The number of allylic oxidation sites excluding steroid dienone is 2. The van der Waals surface area contributed by atoms with Gasteiger partial charge in [0.15, 0.2) is 5.72 Å². The average molecular weight is 378 g/mol. The Balaban J connectivity index is 1.70. The number of hydrogen-bond donors (Lipinski definition) is 4. The number of fused-ring (bicyclic) bond motifs is 4. The van der Waals surface area contributed by atoms with E-state index in [0.717, 1.165) is 0 Å². The summed E-state index contributed by atoms with van der Waals surface area (Å²) >= 11 is 0. The highest BCUT2D eigenvalue weighted by Gasteiger charge is 2.72. The number of carbonyl (C=O) groups excluding carboxylic acids is 3. The van der Waals surface area contributed by atoms with Crippen LogP contribution in [0.3, 0.4) is 0 Å². The van der Waals surface area contributed by atoms with E-state index in [9.17, 15) is 14.4 Å². The lowest BCUT2D eigenvalue weighted by molar-refractivity contribution is -0.137. The van der Waals surface area contributed by atoms with Crippen LogP contribution >= 0.6 is 0 Å². The van der Waals surface area contributed by atoms with E-state index in [1.54, 1.807) is 0 Å². The molecule has 4 rings (SSSR count). The van der Waals surface area contributed by atoms with Crippen molar-refractivity contribution in [1.82, 2.24) is 15.5 Å². The summed E-state index contributed by atoms with van der Waals surface area (Å²) in [4.78, 5) is 39.5. The summed E-state index contributed by atoms with van der Waals surface area (Å²) in [7, 11) is 1.52. The van der Waals surface area contributed by atoms with Crippen molar-refractivity contribution in [2.75, 3.05) is 33.4 Å². The first-order valence-corrected chi connectivity index (χ1v) is 8.78. The maximum atomic E-state index is 12.9. The third kappa shape index (κ3) is 2.27. The van der Waals surface area contributed by atoms with E-state index in [1.807, 2.05) is 4.90 Å². The molecule has 5 N–H and O–H groups in total. The molecule has 0 saturated carbocycles. The van der Waals surface area contributed by atoms with E-state index in [2.05, 4.69) is 10.6 Å². The summed E-state index contributed by atoms with van der Waals surface area (Å²) in [6.07, 6.45) is -0.719. The quantitative estimate of drug-likeness (QED) is 0.313. The molecular formula is C17H22N4O6. The fraction of sp³-hybridized carbons (Fsp3) is 0.588. The van der Waals surface area contributed by atoms with Crippen molar-refractivity contribution in [1.29, 1.82) is 0 Å². The van der Waals surface area contributed by atoms with Gasteiger partial charge in [-0.2, -0.15) is 0 Å². The normalized spacial score (nSPS) is 33.9. The number of aliphatic hydroxyl groups is 1. The minimum atomic E-state index is -0.983. The molecule has 0 aromatic heterocycles. The number of amides is 1. The number of carbonyl (C=O) groups is 3. The summed E-state index contributed by atoms with van der Waals surface area (Å²) < 4.78 is 11.1. The zero-order chi connectivity index (χ0) is 19.5. The van der Waals surface area contributed by atoms with Crippen LogP contribution in [-0.4, -0.2) is 78.9 Å². The van der Waals surface area contributed by atoms with Gasteiger partial charge in [-0.3, -0.25) is 9.59 Å². The monoisotopic (exact) mass is 378 g/mol. The van der Waals surface area contributed by atoms with E-state index >= 15 is 0 Å². The fourth-order valence-corrected chi connectivity index (χ4v) is 4.51. The maximum Gasteiger partial charge on any atom is 0.407 e. The average Bonchev–Trinajstić information content (AvgIpc) is 3.27. The van der Waals surface area contributed by atoms with E-state index in [4.69, 9.17) is 20.3 Å². The third-order valence-electron chi connectivity index (χ3n) is 5.84. The van der Waals surface area contributed by atoms with Crippen molar-refractivity contribution in [2.45, 2.75) is 24.7 Å². The summed E-state index contributed by atoms with van der Waals surface area (Å²) in [6.45, 7) is 1.74. The van der Waals surface area contributed by atoms with Crippen molar-refractivity contribution in [2.24, 2.45) is 11.7 Å². The molecule has 2 fully saturated rings. The Morgan fingerprint density at radius 3 is 2.85 bits per heavy atom. The summed E-state index contributed by atoms with van der Waals surface area (Å²) in [6, 6.07) is 0.0699. The SMILES string of the molecule is CO[C@@]12[C@H](COC(=O)NCCO)C3=C(C(=O)C(C)=C(N)C3=O)N1C[C@H]1N[C@@H]12. The molecule has 2 saturated heterocycles. The third-order valence-corrected chi connectivity index (χ3v) is 5.84. The van der Waals surface area contributed by atoms with Gasteiger partial charge < -0.3 is 35.8 Å². The van der Waals surface area contributed by atoms with E-state index in [1.165, 1.54) is 14.0 Å². The highest BCUT2D eigenvalue weighted by atomic mass is 16.6. The van der Waals surface area contributed by atoms with Gasteiger partial charge in [0.1, 0.15) is 6.61 Å². The van der Waals surface area contributed by atoms with Gasteiger partial charge in [-0.25, -0.2) is 4.79 Å². The van der Waals surface area contributed by atoms with E-state index in [0.29, 0.717) is 12.2 Å². The maximum absolute atomic E-state index is 12.9. The number of nitrogens with one attached hydrogen (secondary N) is 2. The predicted molar refractivity (Wildman–Crippen MR) is 91.0 cm³/mol. The number of ketones is 2. The van der Waals surface area contributed by atoms with Crippen LogP contribution in [0.25, 0.3) is 0 Å². The summed E-state index contributed by atoms with van der Waals surface area (Å²) in [5.41, 5.74) is 5.58. The van der Waals surface area contributed by atoms with Gasteiger partial charge in [0.25, 0.3) is 0 Å². The molecule has 4 aliphatic rings. The smallest absolute Gasteiger partial charge is 0.407 e. The van der Waals surface area contributed by atoms with Crippen molar-refractivity contribution in [3.63, 3.8) is 0 Å². The molecule has 1 aliphatic carbocycles. The van der Waals surface area contributed by atoms with E-state index in [-0.39, 0.29) is 54.5 Å². The van der Waals surface area contributed by atoms with Crippen LogP contribution in [0.2, 0.25) is 0 Å². The molecule has 0 radical (unpaired) electrons. The minimum absolute atomic E-state index is 0.0531. The fourth-order valence-electron chi connectivity index (χ4n) is 4.51. The highest BCUT2D eigenvalue weighted by Crippen LogP contribution is 2.55. The van der Waals surface area contributed by atoms with Crippen LogP contribution in [-0.2, 0) is 19.1 Å². The molecule has 10 nitrogen and oxygen atoms in total. The zero-order valence-corrected chi connectivity index (χ0v) is 15.1. The lowest BCUT2D eigenvalue weighted by Gasteiger charge is -2.39. The van der Waals surface area contributed by atoms with Crippen LogP contribution in [0.1, 0.15) is 6.92 Å². The van der Waals surface area contributed by atoms with Crippen LogP contribution in [0.4, 0.5) is 4.79 Å². The number of nitrogens with zero attached hydrogens (tertiary/aromatic N) is 1. The lowest BCUT2D eigenvalue weighted by Crippen LogP contribution is -2.55. The number of hydrogen-bond acceptors (Lipinski definition) is 9. The number of alkyl carbamates (subject to hydrolysis) is 1. The Bertz CT molecular complexity index is 805. The first kappa shape index (κ1) is 18.0. The molecule has 3 heterocycles. The topological polar surface area (TPSA) is 153 Å². The van der Waals surface area contributed by atoms with Crippen molar-refractivity contribution in [3.05, 3.63) is 22.5 Å². The number of rotatable bonds is 5. The Morgan fingerprint density at radius 2 is 2.19 bits per heavy atom. The van der Waals surface area contributed by atoms with Crippen LogP contribution in [0, 0.1) is 5.92 Å². The summed E-state index contributed by atoms with van der Waals surface area (Å²) in [5, 5.41) is 14.5. The molecule has 0 unspecified atom stereocenters. The molecule has 10 heteroatoms. The molecule has 0 aromatic carbocycles. The number of Topliss-reactive ketones (excluding diaryl/α,β-unsaturated/α-hetero) is 2. The molecular weight excluding hydrogens is 356 g/mol. The Labute approximate surface area is 155 Å². The molecule has 4 atom stereocenters. The molecule has 146 valence electrons. The van der Waals surface area contributed by atoms with E-state index < -0.39 is 23.5 Å². The molecule has 27 heavy (non-hydrogen) atoms. The van der Waals surface area contributed by atoms with Gasteiger partial charge in [0.2, 0.25) is 11.6 Å². The first-order chi connectivity index (χ1) is 12.9. The minimum Gasteiger partial charge on any atom is -0.449 e. The standard InChI is InChI=1S/C17H22N4O6/c1-7-11(18)14(24)10-8(6-27-16(25)19-3-4-22)17(26-2)15-9(20-15)5-21(17)12(10)13(7)23/h8-9,15,20,22H,3-6,18H2,1-2H3,(H,19,25)/t8-,9-,15+,17-/m1/s1.